The van der Waals surface area contributed by atoms with Crippen molar-refractivity contribution in [2.75, 3.05) is 7.11 Å². The molecule has 0 bridgehead atoms. The molecule has 92 valence electrons. The van der Waals surface area contributed by atoms with E-state index < -0.39 is 0 Å². The van der Waals surface area contributed by atoms with Crippen LogP contribution >= 0.6 is 0 Å². The number of hydrogen-bond donors (Lipinski definition) is 0. The molecule has 0 N–H and O–H groups in total. The van der Waals surface area contributed by atoms with E-state index in [1.165, 1.54) is 16.3 Å². The summed E-state index contributed by atoms with van der Waals surface area (Å²) >= 11 is 0. The molecule has 3 rings (SSSR count). The van der Waals surface area contributed by atoms with Gasteiger partial charge in [0.1, 0.15) is 5.58 Å². The summed E-state index contributed by atoms with van der Waals surface area (Å²) in [6, 6.07) is 12.6. The van der Waals surface area contributed by atoms with E-state index in [4.69, 9.17) is 9.15 Å². The predicted molar refractivity (Wildman–Crippen MR) is 74.3 cm³/mol. The first-order chi connectivity index (χ1) is 8.83. The van der Waals surface area contributed by atoms with Gasteiger partial charge in [0.05, 0.1) is 7.11 Å². The molecule has 0 spiro atoms. The topological polar surface area (TPSA) is 22.4 Å². The van der Waals surface area contributed by atoms with Gasteiger partial charge in [-0.1, -0.05) is 37.6 Å². The molecular formula is C16H16O2. The quantitative estimate of drug-likeness (QED) is 0.670. The first kappa shape index (κ1) is 11.1. The SMILES string of the molecule is CCCc1c2ccccc2cc2cc(OC)oc12. The van der Waals surface area contributed by atoms with Crippen molar-refractivity contribution < 1.29 is 9.15 Å². The van der Waals surface area contributed by atoms with Gasteiger partial charge in [0, 0.05) is 17.0 Å². The Bertz CT molecular complexity index is 695. The second-order valence-corrected chi connectivity index (χ2v) is 4.51. The highest BCUT2D eigenvalue weighted by molar-refractivity contribution is 6.00. The van der Waals surface area contributed by atoms with Crippen molar-refractivity contribution in [2.24, 2.45) is 0 Å². The maximum absolute atomic E-state index is 5.79. The number of aryl methyl sites for hydroxylation is 1. The Morgan fingerprint density at radius 3 is 2.72 bits per heavy atom. The Kier molecular flexibility index (Phi) is 2.71. The second kappa shape index (κ2) is 4.37. The van der Waals surface area contributed by atoms with Crippen molar-refractivity contribution in [2.45, 2.75) is 19.8 Å². The van der Waals surface area contributed by atoms with Crippen LogP contribution in [0.1, 0.15) is 18.9 Å². The highest BCUT2D eigenvalue weighted by atomic mass is 16.6. The van der Waals surface area contributed by atoms with Gasteiger partial charge >= 0.3 is 0 Å². The monoisotopic (exact) mass is 240 g/mol. The molecule has 0 unspecified atom stereocenters. The highest BCUT2D eigenvalue weighted by Gasteiger charge is 2.12. The lowest BCUT2D eigenvalue weighted by Gasteiger charge is -2.06. The molecule has 1 aromatic heterocycles. The third-order valence-corrected chi connectivity index (χ3v) is 3.31. The van der Waals surface area contributed by atoms with E-state index in [0.717, 1.165) is 23.8 Å². The van der Waals surface area contributed by atoms with Crippen LogP contribution in [0.3, 0.4) is 0 Å². The lowest BCUT2D eigenvalue weighted by molar-refractivity contribution is 0.315. The minimum atomic E-state index is 0.581. The van der Waals surface area contributed by atoms with Crippen molar-refractivity contribution >= 4 is 21.7 Å². The van der Waals surface area contributed by atoms with Crippen molar-refractivity contribution in [3.8, 4) is 5.95 Å². The van der Waals surface area contributed by atoms with Gasteiger partial charge in [0.2, 0.25) is 0 Å². The average Bonchev–Trinajstić information content (AvgIpc) is 2.81. The normalized spacial score (nSPS) is 11.2. The van der Waals surface area contributed by atoms with Crippen LogP contribution < -0.4 is 4.74 Å². The Balaban J connectivity index is 2.40. The molecular weight excluding hydrogens is 224 g/mol. The van der Waals surface area contributed by atoms with E-state index in [2.05, 4.69) is 37.3 Å². The van der Waals surface area contributed by atoms with Crippen LogP contribution in [0.2, 0.25) is 0 Å². The fourth-order valence-electron chi connectivity index (χ4n) is 2.51. The number of ether oxygens (including phenoxy) is 1. The summed E-state index contributed by atoms with van der Waals surface area (Å²) < 4.78 is 11.0. The van der Waals surface area contributed by atoms with Gasteiger partial charge in [-0.15, -0.1) is 0 Å². The number of fused-ring (bicyclic) bond motifs is 2. The smallest absolute Gasteiger partial charge is 0.285 e. The molecule has 2 heteroatoms. The maximum Gasteiger partial charge on any atom is 0.285 e. The summed E-state index contributed by atoms with van der Waals surface area (Å²) in [5, 5.41) is 3.66. The molecule has 1 heterocycles. The minimum Gasteiger partial charge on any atom is -0.468 e. The van der Waals surface area contributed by atoms with Crippen LogP contribution in [0.15, 0.2) is 40.8 Å². The molecule has 0 amide bonds. The Morgan fingerprint density at radius 2 is 1.94 bits per heavy atom. The summed E-state index contributed by atoms with van der Waals surface area (Å²) in [6.07, 6.45) is 2.13. The summed E-state index contributed by atoms with van der Waals surface area (Å²) in [4.78, 5) is 0. The van der Waals surface area contributed by atoms with Gasteiger partial charge in [-0.25, -0.2) is 0 Å². The molecule has 2 nitrogen and oxygen atoms in total. The molecule has 2 aromatic carbocycles. The number of hydrogen-bond acceptors (Lipinski definition) is 2. The van der Waals surface area contributed by atoms with Gasteiger partial charge < -0.3 is 9.15 Å². The first-order valence-electron chi connectivity index (χ1n) is 6.31. The van der Waals surface area contributed by atoms with Crippen LogP contribution in [-0.2, 0) is 6.42 Å². The first-order valence-corrected chi connectivity index (χ1v) is 6.31. The summed E-state index contributed by atoms with van der Waals surface area (Å²) in [7, 11) is 1.64. The zero-order valence-electron chi connectivity index (χ0n) is 10.7. The largest absolute Gasteiger partial charge is 0.468 e. The molecule has 0 aliphatic heterocycles. The molecule has 0 radical (unpaired) electrons. The van der Waals surface area contributed by atoms with E-state index in [1.54, 1.807) is 7.11 Å². The van der Waals surface area contributed by atoms with Crippen LogP contribution in [0.25, 0.3) is 21.7 Å². The van der Waals surface area contributed by atoms with E-state index in [0.29, 0.717) is 5.95 Å². The lowest BCUT2D eigenvalue weighted by atomic mass is 9.99. The van der Waals surface area contributed by atoms with Gasteiger partial charge in [0.15, 0.2) is 0 Å². The van der Waals surface area contributed by atoms with E-state index in [9.17, 15) is 0 Å². The number of benzene rings is 2. The van der Waals surface area contributed by atoms with Crippen molar-refractivity contribution in [1.82, 2.24) is 0 Å². The summed E-state index contributed by atoms with van der Waals surface area (Å²) in [5.41, 5.74) is 2.25. The molecule has 18 heavy (non-hydrogen) atoms. The average molecular weight is 240 g/mol. The Morgan fingerprint density at radius 1 is 1.11 bits per heavy atom. The summed E-state index contributed by atoms with van der Waals surface area (Å²) in [5.74, 6) is 0.581. The molecule has 0 aliphatic rings. The van der Waals surface area contributed by atoms with Crippen molar-refractivity contribution in [1.29, 1.82) is 0 Å². The number of rotatable bonds is 3. The van der Waals surface area contributed by atoms with E-state index in [1.807, 2.05) is 6.07 Å². The number of furan rings is 1. The molecule has 0 saturated carbocycles. The standard InChI is InChI=1S/C16H16O2/c1-3-6-14-13-8-5-4-7-11(13)9-12-10-15(17-2)18-16(12)14/h4-5,7-10H,3,6H2,1-2H3. The highest BCUT2D eigenvalue weighted by Crippen LogP contribution is 2.34. The van der Waals surface area contributed by atoms with Crippen LogP contribution in [0.4, 0.5) is 0 Å². The predicted octanol–water partition coefficient (Wildman–Crippen LogP) is 4.55. The lowest BCUT2D eigenvalue weighted by Crippen LogP contribution is -1.87. The van der Waals surface area contributed by atoms with E-state index in [-0.39, 0.29) is 0 Å². The van der Waals surface area contributed by atoms with Gasteiger partial charge in [-0.05, 0) is 23.3 Å². The van der Waals surface area contributed by atoms with E-state index >= 15 is 0 Å². The fraction of sp³-hybridized carbons (Fsp3) is 0.250. The molecule has 0 fully saturated rings. The van der Waals surface area contributed by atoms with Gasteiger partial charge in [0.25, 0.3) is 5.95 Å². The zero-order chi connectivity index (χ0) is 12.5. The Hall–Kier alpha value is -1.96. The van der Waals surface area contributed by atoms with Crippen molar-refractivity contribution in [3.63, 3.8) is 0 Å². The molecule has 0 aliphatic carbocycles. The van der Waals surface area contributed by atoms with Crippen LogP contribution in [0, 0.1) is 0 Å². The van der Waals surface area contributed by atoms with Crippen LogP contribution in [0.5, 0.6) is 5.95 Å². The minimum absolute atomic E-state index is 0.581. The number of methoxy groups -OCH3 is 1. The van der Waals surface area contributed by atoms with Crippen molar-refractivity contribution in [3.05, 3.63) is 42.0 Å². The summed E-state index contributed by atoms with van der Waals surface area (Å²) in [6.45, 7) is 2.19. The Labute approximate surface area is 106 Å². The maximum atomic E-state index is 5.79. The molecule has 0 atom stereocenters. The third-order valence-electron chi connectivity index (χ3n) is 3.31. The third kappa shape index (κ3) is 1.65. The molecule has 3 aromatic rings. The van der Waals surface area contributed by atoms with Crippen LogP contribution in [-0.4, -0.2) is 7.11 Å². The zero-order valence-corrected chi connectivity index (χ0v) is 10.7. The second-order valence-electron chi connectivity index (χ2n) is 4.51. The fourth-order valence-corrected chi connectivity index (χ4v) is 2.51. The van der Waals surface area contributed by atoms with Gasteiger partial charge in [-0.2, -0.15) is 0 Å². The van der Waals surface area contributed by atoms with Gasteiger partial charge in [-0.3, -0.25) is 0 Å². The molecule has 0 saturated heterocycles.